The Hall–Kier alpha value is -2.74. The molecule has 0 radical (unpaired) electrons. The summed E-state index contributed by atoms with van der Waals surface area (Å²) in [6, 6.07) is 7.30. The monoisotopic (exact) mass is 417 g/mol. The summed E-state index contributed by atoms with van der Waals surface area (Å²) in [5, 5.41) is 1.92. The van der Waals surface area contributed by atoms with Crippen molar-refractivity contribution in [1.29, 1.82) is 0 Å². The van der Waals surface area contributed by atoms with Crippen LogP contribution in [0, 0.1) is 5.92 Å². The molecule has 0 saturated carbocycles. The van der Waals surface area contributed by atoms with Crippen LogP contribution in [0.3, 0.4) is 0 Å². The number of carbonyl (C=O) groups is 2. The van der Waals surface area contributed by atoms with Crippen molar-refractivity contribution in [3.8, 4) is 17.2 Å². The molecule has 1 atom stereocenters. The number of fused-ring (bicyclic) bond motifs is 1. The van der Waals surface area contributed by atoms with Gasteiger partial charge in [0.2, 0.25) is 6.79 Å². The fraction of sp³-hybridized carbons (Fsp3) is 0.429. The smallest absolute Gasteiger partial charge is 0.310 e. The Morgan fingerprint density at radius 3 is 2.97 bits per heavy atom. The highest BCUT2D eigenvalue weighted by atomic mass is 32.1. The third-order valence-corrected chi connectivity index (χ3v) is 5.91. The average molecular weight is 417 g/mol. The fourth-order valence-electron chi connectivity index (χ4n) is 3.47. The minimum atomic E-state index is -0.235. The number of thiophene rings is 1. The minimum Gasteiger partial charge on any atom is -0.489 e. The van der Waals surface area contributed by atoms with Crippen LogP contribution in [-0.2, 0) is 16.1 Å². The maximum atomic E-state index is 12.9. The number of hydrogen-bond donors (Lipinski definition) is 0. The predicted octanol–water partition coefficient (Wildman–Crippen LogP) is 3.47. The van der Waals surface area contributed by atoms with E-state index in [1.807, 2.05) is 23.6 Å². The van der Waals surface area contributed by atoms with Gasteiger partial charge in [0.05, 0.1) is 17.4 Å². The Morgan fingerprint density at radius 2 is 2.10 bits per heavy atom. The summed E-state index contributed by atoms with van der Waals surface area (Å²) in [5.41, 5.74) is 0.926. The van der Waals surface area contributed by atoms with Gasteiger partial charge in [-0.3, -0.25) is 9.59 Å². The number of esters is 1. The molecule has 29 heavy (non-hydrogen) atoms. The molecule has 1 aromatic heterocycles. The van der Waals surface area contributed by atoms with Crippen LogP contribution in [-0.4, -0.2) is 43.3 Å². The molecule has 7 nitrogen and oxygen atoms in total. The van der Waals surface area contributed by atoms with Crippen LogP contribution in [0.15, 0.2) is 29.6 Å². The second-order valence-corrected chi connectivity index (χ2v) is 7.88. The van der Waals surface area contributed by atoms with Crippen molar-refractivity contribution in [2.45, 2.75) is 26.4 Å². The van der Waals surface area contributed by atoms with E-state index in [4.69, 9.17) is 18.9 Å². The number of rotatable bonds is 6. The summed E-state index contributed by atoms with van der Waals surface area (Å²) in [4.78, 5) is 27.3. The molecule has 8 heteroatoms. The lowest BCUT2D eigenvalue weighted by Crippen LogP contribution is -2.42. The van der Waals surface area contributed by atoms with Crippen LogP contribution in [0.2, 0.25) is 0 Å². The van der Waals surface area contributed by atoms with E-state index in [9.17, 15) is 9.59 Å². The van der Waals surface area contributed by atoms with Crippen LogP contribution in [0.1, 0.15) is 35.0 Å². The van der Waals surface area contributed by atoms with Gasteiger partial charge < -0.3 is 23.8 Å². The van der Waals surface area contributed by atoms with Crippen molar-refractivity contribution in [1.82, 2.24) is 4.90 Å². The van der Waals surface area contributed by atoms with Gasteiger partial charge in [-0.25, -0.2) is 0 Å². The van der Waals surface area contributed by atoms with E-state index in [1.54, 1.807) is 17.9 Å². The lowest BCUT2D eigenvalue weighted by atomic mass is 9.98. The van der Waals surface area contributed by atoms with E-state index in [0.717, 1.165) is 18.4 Å². The van der Waals surface area contributed by atoms with Gasteiger partial charge in [-0.15, -0.1) is 11.3 Å². The molecule has 2 aliphatic rings. The summed E-state index contributed by atoms with van der Waals surface area (Å²) in [6.07, 6.45) is 1.57. The predicted molar refractivity (Wildman–Crippen MR) is 106 cm³/mol. The van der Waals surface area contributed by atoms with E-state index in [1.165, 1.54) is 11.3 Å². The summed E-state index contributed by atoms with van der Waals surface area (Å²) < 4.78 is 21.6. The molecular weight excluding hydrogens is 394 g/mol. The van der Waals surface area contributed by atoms with E-state index in [2.05, 4.69) is 0 Å². The highest BCUT2D eigenvalue weighted by Crippen LogP contribution is 2.35. The minimum absolute atomic E-state index is 0.0432. The normalized spacial score (nSPS) is 17.8. The molecular formula is C21H23NO6S. The Kier molecular flexibility index (Phi) is 5.89. The summed E-state index contributed by atoms with van der Waals surface area (Å²) in [5.74, 6) is 1.57. The number of carbonyl (C=O) groups excluding carboxylic acids is 2. The number of nitrogens with zero attached hydrogens (tertiary/aromatic N) is 1. The van der Waals surface area contributed by atoms with Gasteiger partial charge in [-0.1, -0.05) is 0 Å². The first-order valence-corrected chi connectivity index (χ1v) is 10.6. The van der Waals surface area contributed by atoms with Gasteiger partial charge >= 0.3 is 5.97 Å². The molecule has 1 amide bonds. The van der Waals surface area contributed by atoms with Crippen molar-refractivity contribution >= 4 is 23.2 Å². The van der Waals surface area contributed by atoms with Crippen LogP contribution in [0.25, 0.3) is 0 Å². The largest absolute Gasteiger partial charge is 0.489 e. The number of piperidine rings is 1. The number of hydrogen-bond acceptors (Lipinski definition) is 7. The zero-order valence-corrected chi connectivity index (χ0v) is 17.0. The molecule has 1 aromatic carbocycles. The van der Waals surface area contributed by atoms with E-state index in [-0.39, 0.29) is 24.6 Å². The summed E-state index contributed by atoms with van der Waals surface area (Å²) in [6.45, 7) is 3.81. The van der Waals surface area contributed by atoms with E-state index < -0.39 is 0 Å². The number of amides is 1. The lowest BCUT2D eigenvalue weighted by molar-refractivity contribution is -0.149. The molecule has 3 heterocycles. The molecule has 154 valence electrons. The standard InChI is InChI=1S/C21H23NO6S/c1-2-25-21(24)15-4-3-7-22(10-15)20(23)19-8-14(12-29-19)11-26-16-5-6-17-18(9-16)28-13-27-17/h5-6,8-9,12,15H,2-4,7,10-11,13H2,1H3. The average Bonchev–Trinajstić information content (AvgIpc) is 3.41. The third kappa shape index (κ3) is 4.48. The van der Waals surface area contributed by atoms with E-state index in [0.29, 0.717) is 48.4 Å². The van der Waals surface area contributed by atoms with Crippen molar-refractivity contribution in [2.75, 3.05) is 26.5 Å². The van der Waals surface area contributed by atoms with Crippen LogP contribution < -0.4 is 14.2 Å². The SMILES string of the molecule is CCOC(=O)C1CCCN(C(=O)c2cc(COc3ccc4c(c3)OCO4)cs2)C1. The van der Waals surface area contributed by atoms with Crippen LogP contribution in [0.5, 0.6) is 17.2 Å². The van der Waals surface area contributed by atoms with Crippen molar-refractivity contribution in [3.05, 3.63) is 40.1 Å². The number of benzene rings is 1. The van der Waals surface area contributed by atoms with Crippen LogP contribution in [0.4, 0.5) is 0 Å². The van der Waals surface area contributed by atoms with Gasteiger partial charge in [-0.05, 0) is 43.3 Å². The molecule has 2 aliphatic heterocycles. The van der Waals surface area contributed by atoms with Crippen molar-refractivity contribution < 1.29 is 28.5 Å². The molecule has 1 unspecified atom stereocenters. The third-order valence-electron chi connectivity index (χ3n) is 4.94. The van der Waals surface area contributed by atoms with Crippen molar-refractivity contribution in [3.63, 3.8) is 0 Å². The van der Waals surface area contributed by atoms with Crippen molar-refractivity contribution in [2.24, 2.45) is 5.92 Å². The molecule has 0 spiro atoms. The van der Waals surface area contributed by atoms with Gasteiger partial charge in [-0.2, -0.15) is 0 Å². The zero-order valence-electron chi connectivity index (χ0n) is 16.2. The van der Waals surface area contributed by atoms with Crippen LogP contribution >= 0.6 is 11.3 Å². The summed E-state index contributed by atoms with van der Waals surface area (Å²) in [7, 11) is 0. The number of ether oxygens (including phenoxy) is 4. The Bertz CT molecular complexity index is 895. The second kappa shape index (κ2) is 8.73. The Labute approximate surface area is 173 Å². The highest BCUT2D eigenvalue weighted by molar-refractivity contribution is 7.12. The molecule has 0 N–H and O–H groups in total. The molecule has 2 aromatic rings. The molecule has 1 saturated heterocycles. The first-order valence-electron chi connectivity index (χ1n) is 9.70. The Balaban J connectivity index is 1.34. The highest BCUT2D eigenvalue weighted by Gasteiger charge is 2.30. The maximum Gasteiger partial charge on any atom is 0.310 e. The fourth-order valence-corrected chi connectivity index (χ4v) is 4.33. The topological polar surface area (TPSA) is 74.3 Å². The number of likely N-dealkylation sites (tertiary alicyclic amines) is 1. The van der Waals surface area contributed by atoms with Gasteiger partial charge in [0.15, 0.2) is 11.5 Å². The first kappa shape index (κ1) is 19.6. The van der Waals surface area contributed by atoms with Gasteiger partial charge in [0.1, 0.15) is 12.4 Å². The molecule has 1 fully saturated rings. The van der Waals surface area contributed by atoms with E-state index >= 15 is 0 Å². The quantitative estimate of drug-likeness (QED) is 0.670. The van der Waals surface area contributed by atoms with Gasteiger partial charge in [0, 0.05) is 24.7 Å². The summed E-state index contributed by atoms with van der Waals surface area (Å²) >= 11 is 1.39. The Morgan fingerprint density at radius 1 is 1.24 bits per heavy atom. The molecule has 0 aliphatic carbocycles. The first-order chi connectivity index (χ1) is 14.1. The van der Waals surface area contributed by atoms with Gasteiger partial charge in [0.25, 0.3) is 5.91 Å². The second-order valence-electron chi connectivity index (χ2n) is 6.97. The maximum absolute atomic E-state index is 12.9. The zero-order chi connectivity index (χ0) is 20.2. The molecule has 4 rings (SSSR count). The lowest BCUT2D eigenvalue weighted by Gasteiger charge is -2.31. The molecule has 0 bridgehead atoms.